The molecule has 4 rings (SSSR count). The molecule has 1 aromatic heterocycles. The quantitative estimate of drug-likeness (QED) is 0.912. The van der Waals surface area contributed by atoms with Crippen molar-refractivity contribution in [3.05, 3.63) is 46.8 Å². The Morgan fingerprint density at radius 1 is 1.23 bits per heavy atom. The Morgan fingerprint density at radius 2 is 2.05 bits per heavy atom. The Labute approximate surface area is 122 Å². The second-order valence-electron chi connectivity index (χ2n) is 5.02. The number of fused-ring (bicyclic) bond motifs is 2. The first-order chi connectivity index (χ1) is 10.4. The van der Waals surface area contributed by atoms with Gasteiger partial charge in [0, 0.05) is 12.0 Å². The van der Waals surface area contributed by atoms with Crippen molar-refractivity contribution in [3.8, 4) is 0 Å². The van der Waals surface area contributed by atoms with E-state index in [0.29, 0.717) is 5.57 Å². The molecule has 22 heavy (non-hydrogen) atoms. The Balaban J connectivity index is 1.48. The summed E-state index contributed by atoms with van der Waals surface area (Å²) < 4.78 is 37.3. The number of pyridine rings is 1. The highest BCUT2D eigenvalue weighted by atomic mass is 19.4. The molecule has 2 aliphatic carbocycles. The number of rotatable bonds is 2. The number of hydrogen-bond donors (Lipinski definition) is 1. The molecule has 1 aliphatic heterocycles. The molecule has 0 atom stereocenters. The highest BCUT2D eigenvalue weighted by molar-refractivity contribution is 6.58. The van der Waals surface area contributed by atoms with Crippen molar-refractivity contribution in [1.29, 1.82) is 0 Å². The van der Waals surface area contributed by atoms with Gasteiger partial charge in [0.1, 0.15) is 5.69 Å². The van der Waals surface area contributed by atoms with E-state index in [-0.39, 0.29) is 11.4 Å². The number of aromatic nitrogens is 1. The van der Waals surface area contributed by atoms with Crippen LogP contribution in [0.5, 0.6) is 0 Å². The molecule has 0 saturated heterocycles. The van der Waals surface area contributed by atoms with E-state index in [1.165, 1.54) is 0 Å². The summed E-state index contributed by atoms with van der Waals surface area (Å²) in [6, 6.07) is 1.96. The summed E-state index contributed by atoms with van der Waals surface area (Å²) in [5.41, 5.74) is 2.99. The van der Waals surface area contributed by atoms with E-state index in [4.69, 9.17) is 0 Å². The average Bonchev–Trinajstić information content (AvgIpc) is 2.93. The smallest absolute Gasteiger partial charge is 0.319 e. The number of hydrogen-bond acceptors (Lipinski definition) is 4. The molecule has 1 amide bonds. The van der Waals surface area contributed by atoms with Crippen LogP contribution in [0, 0.1) is 0 Å². The van der Waals surface area contributed by atoms with Gasteiger partial charge in [-0.1, -0.05) is 0 Å². The van der Waals surface area contributed by atoms with Gasteiger partial charge in [0.05, 0.1) is 17.6 Å². The fourth-order valence-electron chi connectivity index (χ4n) is 2.37. The average molecular weight is 304 g/mol. The van der Waals surface area contributed by atoms with Gasteiger partial charge in [0.15, 0.2) is 5.71 Å². The Kier molecular flexibility index (Phi) is 2.42. The highest BCUT2D eigenvalue weighted by Crippen LogP contribution is 2.43. The van der Waals surface area contributed by atoms with Crippen LogP contribution in [0.1, 0.15) is 12.1 Å². The SMILES string of the molecule is O=C(Nc1ccc(C(F)(F)F)nc1)C1=NN=C2C1=CC1=C2C1. The van der Waals surface area contributed by atoms with Gasteiger partial charge < -0.3 is 5.32 Å². The van der Waals surface area contributed by atoms with Crippen LogP contribution in [-0.4, -0.2) is 22.3 Å². The third-order valence-electron chi connectivity index (χ3n) is 3.52. The second-order valence-corrected chi connectivity index (χ2v) is 5.02. The van der Waals surface area contributed by atoms with Crippen LogP contribution in [0.15, 0.2) is 51.3 Å². The van der Waals surface area contributed by atoms with Crippen LogP contribution < -0.4 is 5.32 Å². The predicted octanol–water partition coefficient (Wildman–Crippen LogP) is 2.49. The van der Waals surface area contributed by atoms with Crippen LogP contribution in [0.25, 0.3) is 0 Å². The van der Waals surface area contributed by atoms with Crippen molar-refractivity contribution in [3.63, 3.8) is 0 Å². The van der Waals surface area contributed by atoms with Gasteiger partial charge in [-0.05, 0) is 29.4 Å². The van der Waals surface area contributed by atoms with Crippen molar-refractivity contribution in [2.75, 3.05) is 5.32 Å². The minimum Gasteiger partial charge on any atom is -0.319 e. The Morgan fingerprint density at radius 3 is 2.73 bits per heavy atom. The summed E-state index contributed by atoms with van der Waals surface area (Å²) in [6.45, 7) is 0. The summed E-state index contributed by atoms with van der Waals surface area (Å²) in [5.74, 6) is -0.519. The Hall–Kier alpha value is -2.77. The molecule has 0 unspecified atom stereocenters. The van der Waals surface area contributed by atoms with E-state index in [0.717, 1.165) is 41.6 Å². The number of halogens is 3. The number of alkyl halides is 3. The molecule has 0 radical (unpaired) electrons. The molecule has 2 heterocycles. The monoisotopic (exact) mass is 304 g/mol. The van der Waals surface area contributed by atoms with E-state index in [9.17, 15) is 18.0 Å². The molecular formula is C14H7F3N4O. The molecule has 0 fully saturated rings. The summed E-state index contributed by atoms with van der Waals surface area (Å²) in [7, 11) is 0. The third kappa shape index (κ3) is 1.95. The fraction of sp³-hybridized carbons (Fsp3) is 0.143. The lowest BCUT2D eigenvalue weighted by Gasteiger charge is -2.08. The topological polar surface area (TPSA) is 66.7 Å². The first-order valence-electron chi connectivity index (χ1n) is 6.38. The van der Waals surface area contributed by atoms with Gasteiger partial charge in [-0.25, -0.2) is 4.98 Å². The molecule has 0 spiro atoms. The maximum absolute atomic E-state index is 12.4. The van der Waals surface area contributed by atoms with Gasteiger partial charge in [-0.3, -0.25) is 4.79 Å². The number of carbonyl (C=O) groups excluding carboxylic acids is 1. The van der Waals surface area contributed by atoms with Crippen molar-refractivity contribution < 1.29 is 18.0 Å². The molecule has 3 aliphatic rings. The van der Waals surface area contributed by atoms with E-state index < -0.39 is 17.8 Å². The first kappa shape index (κ1) is 12.9. The van der Waals surface area contributed by atoms with E-state index in [2.05, 4.69) is 20.5 Å². The van der Waals surface area contributed by atoms with Gasteiger partial charge >= 0.3 is 6.18 Å². The molecule has 1 aromatic rings. The maximum atomic E-state index is 12.4. The van der Waals surface area contributed by atoms with Crippen molar-refractivity contribution in [2.24, 2.45) is 10.2 Å². The van der Waals surface area contributed by atoms with Gasteiger partial charge in [0.2, 0.25) is 0 Å². The number of nitrogens with one attached hydrogen (secondary N) is 1. The summed E-state index contributed by atoms with van der Waals surface area (Å²) >= 11 is 0. The van der Waals surface area contributed by atoms with Gasteiger partial charge in [0.25, 0.3) is 5.91 Å². The molecule has 0 bridgehead atoms. The standard InChI is InChI=1S/C14H7F3N4O/c15-14(16,17)10-2-1-7(5-18-10)19-13(22)12-9-4-6-3-8(6)11(9)20-21-12/h1-2,4-5H,3H2,(H,19,22). The maximum Gasteiger partial charge on any atom is 0.433 e. The van der Waals surface area contributed by atoms with Gasteiger partial charge in [-0.15, -0.1) is 10.2 Å². The summed E-state index contributed by atoms with van der Waals surface area (Å²) in [4.78, 5) is 15.4. The van der Waals surface area contributed by atoms with E-state index in [1.807, 2.05) is 6.08 Å². The van der Waals surface area contributed by atoms with Gasteiger partial charge in [-0.2, -0.15) is 13.2 Å². The van der Waals surface area contributed by atoms with Crippen molar-refractivity contribution >= 4 is 23.0 Å². The van der Waals surface area contributed by atoms with Crippen LogP contribution >= 0.6 is 0 Å². The summed E-state index contributed by atoms with van der Waals surface area (Å²) in [5, 5.41) is 10.3. The van der Waals surface area contributed by atoms with E-state index >= 15 is 0 Å². The Bertz CT molecular complexity index is 829. The fourth-order valence-corrected chi connectivity index (χ4v) is 2.37. The van der Waals surface area contributed by atoms with E-state index in [1.54, 1.807) is 0 Å². The van der Waals surface area contributed by atoms with Crippen LogP contribution in [-0.2, 0) is 11.0 Å². The first-order valence-corrected chi connectivity index (χ1v) is 6.38. The number of amides is 1. The highest BCUT2D eigenvalue weighted by Gasteiger charge is 2.40. The largest absolute Gasteiger partial charge is 0.433 e. The number of allylic oxidation sites excluding steroid dienone is 3. The predicted molar refractivity (Wildman–Crippen MR) is 72.5 cm³/mol. The molecule has 0 aromatic carbocycles. The lowest BCUT2D eigenvalue weighted by Crippen LogP contribution is -2.25. The lowest BCUT2D eigenvalue weighted by molar-refractivity contribution is -0.141. The molecule has 110 valence electrons. The van der Waals surface area contributed by atoms with Crippen molar-refractivity contribution in [1.82, 2.24) is 4.98 Å². The zero-order valence-electron chi connectivity index (χ0n) is 10.9. The molecular weight excluding hydrogens is 297 g/mol. The second kappa shape index (κ2) is 4.12. The zero-order valence-corrected chi connectivity index (χ0v) is 10.9. The minimum atomic E-state index is -4.51. The molecule has 8 heteroatoms. The summed E-state index contributed by atoms with van der Waals surface area (Å²) in [6.07, 6.45) is -0.799. The normalized spacial score (nSPS) is 18.4. The van der Waals surface area contributed by atoms with Crippen LogP contribution in [0.2, 0.25) is 0 Å². The van der Waals surface area contributed by atoms with Crippen molar-refractivity contribution in [2.45, 2.75) is 12.6 Å². The minimum absolute atomic E-state index is 0.165. The molecule has 0 saturated carbocycles. The molecule has 1 N–H and O–H groups in total. The van der Waals surface area contributed by atoms with Crippen LogP contribution in [0.4, 0.5) is 18.9 Å². The number of carbonyl (C=O) groups is 1. The van der Waals surface area contributed by atoms with Crippen LogP contribution in [0.3, 0.4) is 0 Å². The number of nitrogens with zero attached hydrogens (tertiary/aromatic N) is 3. The molecule has 5 nitrogen and oxygen atoms in total. The lowest BCUT2D eigenvalue weighted by atomic mass is 10.0. The third-order valence-corrected chi connectivity index (χ3v) is 3.52. The zero-order chi connectivity index (χ0) is 15.5. The number of anilines is 1.